The molecule has 1 aliphatic rings. The lowest BCUT2D eigenvalue weighted by Crippen LogP contribution is -2.46. The van der Waals surface area contributed by atoms with Gasteiger partial charge in [0, 0.05) is 61.0 Å². The van der Waals surface area contributed by atoms with Crippen molar-refractivity contribution in [3.8, 4) is 5.75 Å². The van der Waals surface area contributed by atoms with Gasteiger partial charge in [-0.1, -0.05) is 28.4 Å². The first kappa shape index (κ1) is 20.2. The second-order valence-corrected chi connectivity index (χ2v) is 7.25. The maximum Gasteiger partial charge on any atom is 0.271 e. The van der Waals surface area contributed by atoms with Crippen LogP contribution in [0.5, 0.6) is 5.75 Å². The number of non-ortho nitro benzene ring substituents is 1. The lowest BCUT2D eigenvalue weighted by molar-refractivity contribution is -0.384. The fourth-order valence-corrected chi connectivity index (χ4v) is 3.76. The van der Waals surface area contributed by atoms with Gasteiger partial charge in [-0.2, -0.15) is 0 Å². The first-order valence-corrected chi connectivity index (χ1v) is 9.24. The van der Waals surface area contributed by atoms with E-state index in [1.165, 1.54) is 18.2 Å². The number of benzene rings is 2. The molecule has 0 spiro atoms. The Labute approximate surface area is 171 Å². The van der Waals surface area contributed by atoms with E-state index in [2.05, 4.69) is 15.0 Å². The van der Waals surface area contributed by atoms with E-state index >= 15 is 0 Å². The van der Waals surface area contributed by atoms with Crippen LogP contribution in [0.15, 0.2) is 35.5 Å². The van der Waals surface area contributed by atoms with Gasteiger partial charge in [0.2, 0.25) is 0 Å². The highest BCUT2D eigenvalue weighted by atomic mass is 35.5. The van der Waals surface area contributed by atoms with Crippen LogP contribution >= 0.6 is 23.2 Å². The van der Waals surface area contributed by atoms with E-state index < -0.39 is 4.92 Å². The maximum absolute atomic E-state index is 10.8. The van der Waals surface area contributed by atoms with Gasteiger partial charge < -0.3 is 15.2 Å². The van der Waals surface area contributed by atoms with Crippen LogP contribution in [-0.4, -0.2) is 52.5 Å². The molecule has 8 nitrogen and oxygen atoms in total. The Morgan fingerprint density at radius 1 is 1.18 bits per heavy atom. The van der Waals surface area contributed by atoms with Crippen molar-refractivity contribution < 1.29 is 15.2 Å². The number of phenols is 1. The van der Waals surface area contributed by atoms with E-state index in [4.69, 9.17) is 28.4 Å². The maximum atomic E-state index is 10.8. The summed E-state index contributed by atoms with van der Waals surface area (Å²) in [6.07, 6.45) is 1.14. The quantitative estimate of drug-likeness (QED) is 0.328. The number of nitro groups is 1. The number of nitrogens with zero attached hydrogens (tertiary/aromatic N) is 4. The third kappa shape index (κ3) is 4.46. The van der Waals surface area contributed by atoms with Crippen LogP contribution in [0, 0.1) is 10.1 Å². The van der Waals surface area contributed by atoms with Crippen LogP contribution in [0.2, 0.25) is 10.0 Å². The number of anilines is 1. The highest BCUT2D eigenvalue weighted by molar-refractivity contribution is 6.33. The molecule has 10 heteroatoms. The monoisotopic (exact) mass is 424 g/mol. The fraction of sp³-hybridized carbons (Fsp3) is 0.278. The highest BCUT2D eigenvalue weighted by Gasteiger charge is 2.21. The summed E-state index contributed by atoms with van der Waals surface area (Å²) in [5.41, 5.74) is 1.72. The van der Waals surface area contributed by atoms with Crippen LogP contribution < -0.4 is 4.90 Å². The average molecular weight is 425 g/mol. The van der Waals surface area contributed by atoms with Crippen LogP contribution in [-0.2, 0) is 6.54 Å². The molecule has 1 fully saturated rings. The van der Waals surface area contributed by atoms with Gasteiger partial charge in [-0.25, -0.2) is 0 Å². The Morgan fingerprint density at radius 2 is 1.89 bits per heavy atom. The smallest absolute Gasteiger partial charge is 0.271 e. The van der Waals surface area contributed by atoms with E-state index in [1.54, 1.807) is 12.1 Å². The number of aromatic hydroxyl groups is 1. The second-order valence-electron chi connectivity index (χ2n) is 6.40. The summed E-state index contributed by atoms with van der Waals surface area (Å²) >= 11 is 12.3. The minimum absolute atomic E-state index is 0.0306. The van der Waals surface area contributed by atoms with E-state index in [0.717, 1.165) is 11.9 Å². The van der Waals surface area contributed by atoms with Crippen LogP contribution in [0.25, 0.3) is 0 Å². The van der Waals surface area contributed by atoms with Crippen molar-refractivity contribution in [2.75, 3.05) is 31.1 Å². The zero-order chi connectivity index (χ0) is 20.3. The molecule has 0 aromatic heterocycles. The van der Waals surface area contributed by atoms with Gasteiger partial charge in [-0.3, -0.25) is 15.0 Å². The first-order chi connectivity index (χ1) is 13.4. The second kappa shape index (κ2) is 8.64. The Morgan fingerprint density at radius 3 is 2.50 bits per heavy atom. The molecule has 1 heterocycles. The summed E-state index contributed by atoms with van der Waals surface area (Å²) in [5.74, 6) is 0.0306. The molecular formula is C18H18Cl2N4O4. The standard InChI is InChI=1S/C18H18Cl2N4O4/c19-14-7-12(10-21-26)18(25)13(8-14)11-22-3-5-23(6-4-22)17-2-1-15(24(27)28)9-16(17)20/h1-2,7-10,25-26H,3-6,11H2/b21-10+. The van der Waals surface area contributed by atoms with Crippen molar-refractivity contribution in [2.45, 2.75) is 6.54 Å². The number of hydrogen-bond donors (Lipinski definition) is 2. The minimum atomic E-state index is -0.471. The topological polar surface area (TPSA) is 102 Å². The summed E-state index contributed by atoms with van der Waals surface area (Å²) in [6, 6.07) is 7.68. The van der Waals surface area contributed by atoms with E-state index in [0.29, 0.717) is 53.9 Å². The van der Waals surface area contributed by atoms with Crippen molar-refractivity contribution in [1.82, 2.24) is 4.90 Å². The van der Waals surface area contributed by atoms with Crippen LogP contribution in [0.1, 0.15) is 11.1 Å². The van der Waals surface area contributed by atoms with Crippen molar-refractivity contribution in [3.63, 3.8) is 0 Å². The predicted molar refractivity (Wildman–Crippen MR) is 108 cm³/mol. The summed E-state index contributed by atoms with van der Waals surface area (Å²) < 4.78 is 0. The molecule has 0 saturated carbocycles. The molecule has 1 saturated heterocycles. The zero-order valence-electron chi connectivity index (χ0n) is 14.8. The molecule has 0 radical (unpaired) electrons. The van der Waals surface area contributed by atoms with E-state index in [-0.39, 0.29) is 11.4 Å². The molecule has 28 heavy (non-hydrogen) atoms. The number of oxime groups is 1. The molecule has 0 unspecified atom stereocenters. The molecule has 2 aromatic carbocycles. The molecule has 0 atom stereocenters. The Bertz CT molecular complexity index is 915. The summed E-state index contributed by atoms with van der Waals surface area (Å²) in [7, 11) is 0. The van der Waals surface area contributed by atoms with Gasteiger partial charge in [0.05, 0.1) is 21.8 Å². The van der Waals surface area contributed by atoms with Crippen LogP contribution in [0.3, 0.4) is 0 Å². The normalized spacial score (nSPS) is 15.3. The van der Waals surface area contributed by atoms with Gasteiger partial charge >= 0.3 is 0 Å². The Balaban J connectivity index is 1.67. The number of halogens is 2. The number of nitro benzene ring substituents is 1. The van der Waals surface area contributed by atoms with Gasteiger partial charge in [-0.05, 0) is 18.2 Å². The van der Waals surface area contributed by atoms with Gasteiger partial charge in [-0.15, -0.1) is 0 Å². The third-order valence-corrected chi connectivity index (χ3v) is 5.15. The molecule has 3 rings (SSSR count). The third-order valence-electron chi connectivity index (χ3n) is 4.63. The fourth-order valence-electron chi connectivity index (χ4n) is 3.21. The first-order valence-electron chi connectivity index (χ1n) is 8.49. The van der Waals surface area contributed by atoms with Gasteiger partial charge in [0.15, 0.2) is 0 Å². The largest absolute Gasteiger partial charge is 0.507 e. The lowest BCUT2D eigenvalue weighted by atomic mass is 10.1. The predicted octanol–water partition coefficient (Wildman–Crippen LogP) is 3.74. The van der Waals surface area contributed by atoms with Crippen LogP contribution in [0.4, 0.5) is 11.4 Å². The highest BCUT2D eigenvalue weighted by Crippen LogP contribution is 2.31. The summed E-state index contributed by atoms with van der Waals surface area (Å²) in [6.45, 7) is 3.28. The van der Waals surface area contributed by atoms with Gasteiger partial charge in [0.1, 0.15) is 5.75 Å². The van der Waals surface area contributed by atoms with Crippen molar-refractivity contribution >= 4 is 40.8 Å². The molecule has 1 aliphatic heterocycles. The van der Waals surface area contributed by atoms with Crippen molar-refractivity contribution in [1.29, 1.82) is 0 Å². The molecule has 0 aliphatic carbocycles. The Kier molecular flexibility index (Phi) is 6.23. The number of hydrogen-bond acceptors (Lipinski definition) is 7. The molecular weight excluding hydrogens is 407 g/mol. The summed E-state index contributed by atoms with van der Waals surface area (Å²) in [4.78, 5) is 14.6. The SMILES string of the molecule is O=[N+]([O-])c1ccc(N2CCN(Cc3cc(Cl)cc(/C=N/O)c3O)CC2)c(Cl)c1. The average Bonchev–Trinajstić information content (AvgIpc) is 2.66. The molecule has 2 aromatic rings. The molecule has 0 bridgehead atoms. The Hall–Kier alpha value is -2.55. The summed E-state index contributed by atoms with van der Waals surface area (Å²) in [5, 5.41) is 33.6. The molecule has 0 amide bonds. The number of piperazine rings is 1. The minimum Gasteiger partial charge on any atom is -0.507 e. The van der Waals surface area contributed by atoms with E-state index in [1.807, 2.05) is 0 Å². The van der Waals surface area contributed by atoms with Crippen molar-refractivity contribution in [2.24, 2.45) is 5.16 Å². The number of phenolic OH excluding ortho intramolecular Hbond substituents is 1. The molecule has 148 valence electrons. The van der Waals surface area contributed by atoms with E-state index in [9.17, 15) is 15.2 Å². The van der Waals surface area contributed by atoms with Crippen molar-refractivity contribution in [3.05, 3.63) is 61.6 Å². The lowest BCUT2D eigenvalue weighted by Gasteiger charge is -2.36. The number of rotatable bonds is 5. The zero-order valence-corrected chi connectivity index (χ0v) is 16.3. The molecule has 2 N–H and O–H groups in total. The van der Waals surface area contributed by atoms with Gasteiger partial charge in [0.25, 0.3) is 5.69 Å².